The highest BCUT2D eigenvalue weighted by molar-refractivity contribution is 5.83. The summed E-state index contributed by atoms with van der Waals surface area (Å²) < 4.78 is 5.44. The van der Waals surface area contributed by atoms with E-state index in [9.17, 15) is 4.79 Å². The fraction of sp³-hybridized carbons (Fsp3) is 0.722. The molecule has 1 aromatic heterocycles. The molecule has 0 bridgehead atoms. The number of anilines is 1. The first-order valence-electron chi connectivity index (χ1n) is 9.21. The number of nitrogens with zero attached hydrogens (tertiary/aromatic N) is 4. The molecule has 2 saturated carbocycles. The molecule has 1 aromatic rings. The zero-order valence-corrected chi connectivity index (χ0v) is 14.0. The van der Waals surface area contributed by atoms with Crippen LogP contribution in [0.5, 0.6) is 0 Å². The Morgan fingerprint density at radius 3 is 2.75 bits per heavy atom. The van der Waals surface area contributed by atoms with E-state index in [1.165, 1.54) is 24.8 Å². The van der Waals surface area contributed by atoms with Crippen LogP contribution >= 0.6 is 0 Å². The molecular weight excluding hydrogens is 304 g/mol. The summed E-state index contributed by atoms with van der Waals surface area (Å²) in [6, 6.07) is 0. The van der Waals surface area contributed by atoms with E-state index < -0.39 is 0 Å². The van der Waals surface area contributed by atoms with Crippen molar-refractivity contribution in [3.8, 4) is 0 Å². The van der Waals surface area contributed by atoms with Crippen LogP contribution in [0.4, 0.5) is 5.82 Å². The summed E-state index contributed by atoms with van der Waals surface area (Å²) in [6.07, 6.45) is 7.48. The molecule has 128 valence electrons. The van der Waals surface area contributed by atoms with Crippen molar-refractivity contribution in [2.24, 2.45) is 11.3 Å². The molecule has 1 amide bonds. The second kappa shape index (κ2) is 5.41. The number of rotatable bonds is 2. The molecule has 3 heterocycles. The Labute approximate surface area is 142 Å². The molecule has 5 rings (SSSR count). The predicted molar refractivity (Wildman–Crippen MR) is 88.6 cm³/mol. The number of fused-ring (bicyclic) bond motifs is 1. The average molecular weight is 328 g/mol. The van der Waals surface area contributed by atoms with Crippen molar-refractivity contribution >= 4 is 11.7 Å². The summed E-state index contributed by atoms with van der Waals surface area (Å²) in [6.45, 7) is 4.75. The van der Waals surface area contributed by atoms with Gasteiger partial charge in [-0.3, -0.25) is 4.79 Å². The molecule has 0 radical (unpaired) electrons. The Morgan fingerprint density at radius 2 is 2.04 bits per heavy atom. The molecule has 1 spiro atoms. The van der Waals surface area contributed by atoms with Gasteiger partial charge in [-0.25, -0.2) is 9.97 Å². The van der Waals surface area contributed by atoms with Crippen molar-refractivity contribution in [2.75, 3.05) is 37.7 Å². The highest BCUT2D eigenvalue weighted by Crippen LogP contribution is 2.66. The normalized spacial score (nSPS) is 27.6. The topological polar surface area (TPSA) is 58.6 Å². The first-order valence-corrected chi connectivity index (χ1v) is 9.21. The van der Waals surface area contributed by atoms with Crippen LogP contribution in [0.2, 0.25) is 0 Å². The van der Waals surface area contributed by atoms with Gasteiger partial charge in [-0.2, -0.15) is 0 Å². The molecule has 6 heteroatoms. The van der Waals surface area contributed by atoms with Gasteiger partial charge in [-0.05, 0) is 31.1 Å². The first-order chi connectivity index (χ1) is 11.8. The third-order valence-corrected chi connectivity index (χ3v) is 6.44. The lowest BCUT2D eigenvalue weighted by molar-refractivity contribution is -0.135. The Kier molecular flexibility index (Phi) is 3.30. The van der Waals surface area contributed by atoms with E-state index in [4.69, 9.17) is 4.74 Å². The van der Waals surface area contributed by atoms with Gasteiger partial charge >= 0.3 is 0 Å². The molecule has 1 atom stereocenters. The number of hydrogen-bond acceptors (Lipinski definition) is 5. The first kappa shape index (κ1) is 14.6. The summed E-state index contributed by atoms with van der Waals surface area (Å²) in [5.41, 5.74) is 2.68. The minimum Gasteiger partial charge on any atom is -0.378 e. The monoisotopic (exact) mass is 328 g/mol. The molecule has 0 aromatic carbocycles. The van der Waals surface area contributed by atoms with Crippen molar-refractivity contribution in [2.45, 2.75) is 38.6 Å². The number of ether oxygens (including phenoxy) is 1. The molecule has 0 N–H and O–H groups in total. The maximum Gasteiger partial charge on any atom is 0.226 e. The van der Waals surface area contributed by atoms with Crippen molar-refractivity contribution in [1.82, 2.24) is 14.9 Å². The van der Waals surface area contributed by atoms with Gasteiger partial charge in [0.1, 0.15) is 12.1 Å². The Morgan fingerprint density at radius 1 is 1.21 bits per heavy atom. The molecular formula is C18H24N4O2. The van der Waals surface area contributed by atoms with E-state index in [0.717, 1.165) is 57.2 Å². The van der Waals surface area contributed by atoms with Crippen LogP contribution in [0, 0.1) is 11.3 Å². The van der Waals surface area contributed by atoms with Gasteiger partial charge < -0.3 is 14.5 Å². The van der Waals surface area contributed by atoms with Crippen LogP contribution in [-0.4, -0.2) is 53.6 Å². The zero-order chi connectivity index (χ0) is 16.1. The Balaban J connectivity index is 1.33. The van der Waals surface area contributed by atoms with Crippen LogP contribution in [0.3, 0.4) is 0 Å². The van der Waals surface area contributed by atoms with Gasteiger partial charge in [-0.1, -0.05) is 6.42 Å². The van der Waals surface area contributed by atoms with Gasteiger partial charge in [0.25, 0.3) is 0 Å². The maximum atomic E-state index is 12.8. The smallest absolute Gasteiger partial charge is 0.226 e. The van der Waals surface area contributed by atoms with Crippen LogP contribution in [0.1, 0.15) is 36.9 Å². The van der Waals surface area contributed by atoms with E-state index >= 15 is 0 Å². The van der Waals surface area contributed by atoms with Gasteiger partial charge in [0.05, 0.1) is 25.5 Å². The van der Waals surface area contributed by atoms with E-state index in [1.54, 1.807) is 6.33 Å². The SMILES string of the molecule is O=C(C1CC12CCC2)N1CCc2c(ncnc2N2CCOCC2)C1. The van der Waals surface area contributed by atoms with E-state index in [0.29, 0.717) is 23.8 Å². The number of carbonyl (C=O) groups excluding carboxylic acids is 1. The summed E-state index contributed by atoms with van der Waals surface area (Å²) in [4.78, 5) is 26.2. The molecule has 4 aliphatic rings. The van der Waals surface area contributed by atoms with E-state index in [-0.39, 0.29) is 0 Å². The highest BCUT2D eigenvalue weighted by Gasteiger charge is 2.61. The van der Waals surface area contributed by atoms with E-state index in [2.05, 4.69) is 14.9 Å². The second-order valence-corrected chi connectivity index (χ2v) is 7.70. The summed E-state index contributed by atoms with van der Waals surface area (Å²) in [5.74, 6) is 1.72. The van der Waals surface area contributed by atoms with Gasteiger partial charge in [0.2, 0.25) is 5.91 Å². The molecule has 1 saturated heterocycles. The molecule has 3 fully saturated rings. The third kappa shape index (κ3) is 2.23. The largest absolute Gasteiger partial charge is 0.378 e. The highest BCUT2D eigenvalue weighted by atomic mass is 16.5. The zero-order valence-electron chi connectivity index (χ0n) is 14.0. The fourth-order valence-electron chi connectivity index (χ4n) is 4.67. The number of carbonyl (C=O) groups is 1. The predicted octanol–water partition coefficient (Wildman–Crippen LogP) is 1.39. The van der Waals surface area contributed by atoms with Gasteiger partial charge in [0.15, 0.2) is 0 Å². The summed E-state index contributed by atoms with van der Waals surface area (Å²) in [5, 5.41) is 0. The number of morpholine rings is 1. The van der Waals surface area contributed by atoms with Crippen LogP contribution in [0.15, 0.2) is 6.33 Å². The lowest BCUT2D eigenvalue weighted by atomic mass is 9.79. The Bertz CT molecular complexity index is 667. The lowest BCUT2D eigenvalue weighted by Crippen LogP contribution is -2.41. The Hall–Kier alpha value is -1.69. The van der Waals surface area contributed by atoms with Gasteiger partial charge in [0, 0.05) is 31.1 Å². The molecule has 2 aliphatic carbocycles. The minimum absolute atomic E-state index is 0.299. The van der Waals surface area contributed by atoms with Crippen LogP contribution in [0.25, 0.3) is 0 Å². The van der Waals surface area contributed by atoms with Crippen molar-refractivity contribution < 1.29 is 9.53 Å². The second-order valence-electron chi connectivity index (χ2n) is 7.70. The average Bonchev–Trinajstić information content (AvgIpc) is 3.37. The van der Waals surface area contributed by atoms with Crippen LogP contribution < -0.4 is 4.90 Å². The van der Waals surface area contributed by atoms with E-state index in [1.807, 2.05) is 4.90 Å². The van der Waals surface area contributed by atoms with Crippen molar-refractivity contribution in [3.05, 3.63) is 17.6 Å². The van der Waals surface area contributed by atoms with Crippen molar-refractivity contribution in [3.63, 3.8) is 0 Å². The molecule has 2 aliphatic heterocycles. The quantitative estimate of drug-likeness (QED) is 0.821. The lowest BCUT2D eigenvalue weighted by Gasteiger charge is -2.34. The standard InChI is InChI=1S/C18H24N4O2/c23-17(14-10-18(14)3-1-4-18)22-5-2-13-15(11-22)19-12-20-16(13)21-6-8-24-9-7-21/h12,14H,1-11H2. The fourth-order valence-corrected chi connectivity index (χ4v) is 4.67. The van der Waals surface area contributed by atoms with Crippen LogP contribution in [-0.2, 0) is 22.5 Å². The third-order valence-electron chi connectivity index (χ3n) is 6.44. The van der Waals surface area contributed by atoms with Crippen molar-refractivity contribution in [1.29, 1.82) is 0 Å². The number of aromatic nitrogens is 2. The molecule has 1 unspecified atom stereocenters. The molecule has 6 nitrogen and oxygen atoms in total. The maximum absolute atomic E-state index is 12.8. The minimum atomic E-state index is 0.299. The molecule has 24 heavy (non-hydrogen) atoms. The summed E-state index contributed by atoms with van der Waals surface area (Å²) in [7, 11) is 0. The van der Waals surface area contributed by atoms with Gasteiger partial charge in [-0.15, -0.1) is 0 Å². The number of amides is 1. The number of hydrogen-bond donors (Lipinski definition) is 0. The summed E-state index contributed by atoms with van der Waals surface area (Å²) >= 11 is 0.